The van der Waals surface area contributed by atoms with E-state index in [1.807, 2.05) is 109 Å². The lowest BCUT2D eigenvalue weighted by Gasteiger charge is -2.29. The molecule has 0 radical (unpaired) electrons. The van der Waals surface area contributed by atoms with E-state index >= 15 is 0 Å². The molecule has 0 aliphatic carbocycles. The van der Waals surface area contributed by atoms with Gasteiger partial charge >= 0.3 is 0 Å². The van der Waals surface area contributed by atoms with Gasteiger partial charge in [-0.25, -0.2) is 14.5 Å². The molecule has 0 atom stereocenters. The van der Waals surface area contributed by atoms with Gasteiger partial charge in [0.25, 0.3) is 17.7 Å². The van der Waals surface area contributed by atoms with Crippen molar-refractivity contribution in [3.05, 3.63) is 178 Å². The number of amides is 3. The molecule has 0 bridgehead atoms. The molecule has 3 saturated heterocycles. The van der Waals surface area contributed by atoms with Crippen LogP contribution in [-0.4, -0.2) is 91.4 Å². The topological polar surface area (TPSA) is 163 Å². The molecular weight excluding hydrogens is 1080 g/mol. The van der Waals surface area contributed by atoms with Crippen LogP contribution in [0.3, 0.4) is 0 Å². The Hall–Kier alpha value is -8.81. The van der Waals surface area contributed by atoms with Crippen LogP contribution in [0, 0.1) is 40.5 Å². The monoisotopic (exact) mass is 1140 g/mol. The Morgan fingerprint density at radius 1 is 0.432 bits per heavy atom. The molecule has 20 heteroatoms. The first kappa shape index (κ1) is 59.8. The van der Waals surface area contributed by atoms with E-state index in [9.17, 15) is 19.5 Å². The van der Waals surface area contributed by atoms with E-state index in [-0.39, 0.29) is 49.9 Å². The van der Waals surface area contributed by atoms with Crippen LogP contribution in [0.15, 0.2) is 127 Å². The standard InChI is InChI=1S/2C21H21N3O3S.C19H17N3O2S/c2*1-14-13-16(7-10-18(14)22-4)23-19(26)21(2,3)24(20(23)28)15-5-8-17(9-6-15)27-12-11-25;1-12-11-14(7-10-16(12)20-4)21-17(24)19(2,3)22(18(21)25)13-5-8-15(23)9-6-13/h2*5-10,13,25H,11-12H2,1-3H3;5-11,23H,1-3H3. The fourth-order valence-corrected chi connectivity index (χ4v) is 11.0. The van der Waals surface area contributed by atoms with Gasteiger partial charge in [0, 0.05) is 34.1 Å². The number of aliphatic hydroxyl groups excluding tert-OH is 2. The molecule has 3 aliphatic rings. The van der Waals surface area contributed by atoms with Crippen molar-refractivity contribution in [2.45, 2.75) is 78.9 Å². The number of thiocarbonyl (C=S) groups is 3. The molecule has 9 rings (SSSR count). The van der Waals surface area contributed by atoms with Crippen molar-refractivity contribution in [1.29, 1.82) is 0 Å². The zero-order valence-corrected chi connectivity index (χ0v) is 48.5. The fourth-order valence-electron chi connectivity index (χ4n) is 9.39. The summed E-state index contributed by atoms with van der Waals surface area (Å²) in [6.45, 7) is 38.4. The number of phenolic OH excluding ortho intramolecular Hbond substituents is 1. The van der Waals surface area contributed by atoms with Crippen LogP contribution in [0.1, 0.15) is 58.2 Å². The molecule has 81 heavy (non-hydrogen) atoms. The maximum Gasteiger partial charge on any atom is 0.259 e. The van der Waals surface area contributed by atoms with Crippen LogP contribution in [-0.2, 0) is 14.4 Å². The third-order valence-corrected chi connectivity index (χ3v) is 14.8. The number of benzene rings is 6. The second-order valence-electron chi connectivity index (χ2n) is 20.3. The van der Waals surface area contributed by atoms with Gasteiger partial charge in [-0.05, 0) is 225 Å². The lowest BCUT2D eigenvalue weighted by molar-refractivity contribution is -0.121. The summed E-state index contributed by atoms with van der Waals surface area (Å²) >= 11 is 16.9. The summed E-state index contributed by atoms with van der Waals surface area (Å²) in [5.41, 5.74) is 5.69. The molecule has 414 valence electrons. The highest BCUT2D eigenvalue weighted by Gasteiger charge is 2.52. The van der Waals surface area contributed by atoms with Crippen LogP contribution in [0.5, 0.6) is 17.2 Å². The highest BCUT2D eigenvalue weighted by atomic mass is 32.1. The van der Waals surface area contributed by atoms with Gasteiger partial charge in [0.15, 0.2) is 32.4 Å². The summed E-state index contributed by atoms with van der Waals surface area (Å²) in [7, 11) is 0. The minimum Gasteiger partial charge on any atom is -0.508 e. The van der Waals surface area contributed by atoms with Crippen LogP contribution in [0.25, 0.3) is 14.5 Å². The van der Waals surface area contributed by atoms with Crippen LogP contribution >= 0.6 is 36.7 Å². The summed E-state index contributed by atoms with van der Waals surface area (Å²) in [5, 5.41) is 28.4. The summed E-state index contributed by atoms with van der Waals surface area (Å²) in [5.74, 6) is 1.02. The van der Waals surface area contributed by atoms with Crippen molar-refractivity contribution >= 4 is 121 Å². The number of carbonyl (C=O) groups is 3. The highest BCUT2D eigenvalue weighted by molar-refractivity contribution is 7.81. The Balaban J connectivity index is 0.000000176. The van der Waals surface area contributed by atoms with Gasteiger partial charge in [0.2, 0.25) is 0 Å². The normalized spacial score (nSPS) is 15.9. The predicted molar refractivity (Wildman–Crippen MR) is 328 cm³/mol. The molecule has 3 aliphatic heterocycles. The first-order valence-corrected chi connectivity index (χ1v) is 26.6. The van der Waals surface area contributed by atoms with Crippen LogP contribution in [0.2, 0.25) is 0 Å². The molecule has 0 saturated carbocycles. The lowest BCUT2D eigenvalue weighted by Crippen LogP contribution is -2.44. The SMILES string of the molecule is [C-]#[N+]c1ccc(N2C(=O)C(C)(C)N(c3ccc(O)cc3)C2=S)cc1C.[C-]#[N+]c1ccc(N2C(=O)C(C)(C)N(c3ccc(OCCO)cc3)C2=S)cc1C.[C-]#[N+]c1ccc(N2C(=O)C(C)(C)N(c3ccc(OCCO)cc3)C2=S)cc1C. The van der Waals surface area contributed by atoms with E-state index in [2.05, 4.69) is 14.5 Å². The second kappa shape index (κ2) is 24.3. The third kappa shape index (κ3) is 11.8. The van der Waals surface area contributed by atoms with Crippen molar-refractivity contribution in [2.75, 3.05) is 55.8 Å². The lowest BCUT2D eigenvalue weighted by atomic mass is 10.0. The van der Waals surface area contributed by atoms with E-state index < -0.39 is 16.6 Å². The molecule has 3 N–H and O–H groups in total. The van der Waals surface area contributed by atoms with E-state index in [1.54, 1.807) is 95.9 Å². The van der Waals surface area contributed by atoms with Crippen molar-refractivity contribution < 1.29 is 39.2 Å². The number of carbonyl (C=O) groups excluding carboxylic acids is 3. The number of aromatic hydroxyl groups is 1. The fraction of sp³-hybridized carbons (Fsp3) is 0.262. The van der Waals surface area contributed by atoms with Gasteiger partial charge in [-0.1, -0.05) is 18.2 Å². The van der Waals surface area contributed by atoms with Crippen molar-refractivity contribution in [3.8, 4) is 17.2 Å². The highest BCUT2D eigenvalue weighted by Crippen LogP contribution is 2.41. The van der Waals surface area contributed by atoms with Gasteiger partial charge in [0.1, 0.15) is 47.1 Å². The van der Waals surface area contributed by atoms with E-state index in [1.165, 1.54) is 14.7 Å². The number of rotatable bonds is 12. The minimum absolute atomic E-state index is 0.0554. The summed E-state index contributed by atoms with van der Waals surface area (Å²) < 4.78 is 10.8. The molecule has 17 nitrogen and oxygen atoms in total. The summed E-state index contributed by atoms with van der Waals surface area (Å²) in [4.78, 5) is 59.8. The molecule has 0 unspecified atom stereocenters. The Kier molecular flexibility index (Phi) is 17.9. The van der Waals surface area contributed by atoms with Crippen LogP contribution < -0.4 is 38.9 Å². The average Bonchev–Trinajstić information content (AvgIpc) is 3.93. The molecule has 3 amide bonds. The molecule has 6 aromatic rings. The zero-order valence-electron chi connectivity index (χ0n) is 46.1. The largest absolute Gasteiger partial charge is 0.508 e. The average molecular weight is 1140 g/mol. The molecule has 0 aromatic heterocycles. The summed E-state index contributed by atoms with van der Waals surface area (Å²) in [6.07, 6.45) is 0. The Morgan fingerprint density at radius 3 is 0.914 bits per heavy atom. The molecule has 0 spiro atoms. The Morgan fingerprint density at radius 2 is 0.679 bits per heavy atom. The van der Waals surface area contributed by atoms with Gasteiger partial charge in [-0.2, -0.15) is 0 Å². The number of aliphatic hydroxyl groups is 2. The second-order valence-corrected chi connectivity index (χ2v) is 21.4. The molecule has 3 fully saturated rings. The Labute approximate surface area is 487 Å². The summed E-state index contributed by atoms with van der Waals surface area (Å²) in [6, 6.07) is 36.8. The number of hydrogen-bond acceptors (Lipinski definition) is 11. The minimum atomic E-state index is -0.864. The van der Waals surface area contributed by atoms with Gasteiger partial charge in [-0.15, -0.1) is 0 Å². The smallest absolute Gasteiger partial charge is 0.259 e. The maximum atomic E-state index is 13.2. The van der Waals surface area contributed by atoms with Crippen molar-refractivity contribution in [3.63, 3.8) is 0 Å². The third-order valence-electron chi connectivity index (χ3n) is 13.7. The van der Waals surface area contributed by atoms with Crippen molar-refractivity contribution in [2.24, 2.45) is 0 Å². The first-order chi connectivity index (χ1) is 38.4. The zero-order chi connectivity index (χ0) is 59.3. The Bertz CT molecular complexity index is 3430. The van der Waals surface area contributed by atoms with Gasteiger partial charge < -0.3 is 39.5 Å². The van der Waals surface area contributed by atoms with Crippen LogP contribution in [0.4, 0.5) is 51.2 Å². The van der Waals surface area contributed by atoms with E-state index in [0.29, 0.717) is 61.0 Å². The van der Waals surface area contributed by atoms with Crippen molar-refractivity contribution in [1.82, 2.24) is 0 Å². The first-order valence-electron chi connectivity index (χ1n) is 25.4. The molecular formula is C61H59N9O8S3. The number of anilines is 6. The number of hydrogen-bond donors (Lipinski definition) is 3. The number of phenols is 1. The van der Waals surface area contributed by atoms with E-state index in [4.69, 9.17) is 76.1 Å². The number of aryl methyl sites for hydroxylation is 3. The predicted octanol–water partition coefficient (Wildman–Crippen LogP) is 11.8. The van der Waals surface area contributed by atoms with Gasteiger partial charge in [-0.3, -0.25) is 29.1 Å². The number of nitrogens with zero attached hydrogens (tertiary/aromatic N) is 9. The van der Waals surface area contributed by atoms with E-state index in [0.717, 1.165) is 33.8 Å². The molecule has 3 heterocycles. The molecule has 6 aromatic carbocycles. The quantitative estimate of drug-likeness (QED) is 0.0783. The number of ether oxygens (including phenoxy) is 2. The maximum absolute atomic E-state index is 13.2. The van der Waals surface area contributed by atoms with Gasteiger partial charge in [0.05, 0.1) is 32.9 Å².